The van der Waals surface area contributed by atoms with Gasteiger partial charge in [0.25, 0.3) is 5.91 Å². The standard InChI is InChI=1S/C15H21ClN2O2.ClH/c1-10-7-12(16)3-4-14(10)20-9-15(19)18-13-5-6-17-8-11(13)2;/h3-4,7,11,13,17H,5-6,8-9H2,1-2H3,(H,18,19);1H. The average molecular weight is 333 g/mol. The lowest BCUT2D eigenvalue weighted by molar-refractivity contribution is -0.124. The molecule has 1 aliphatic rings. The van der Waals surface area contributed by atoms with Crippen molar-refractivity contribution in [3.63, 3.8) is 0 Å². The van der Waals surface area contributed by atoms with Crippen LogP contribution < -0.4 is 15.4 Å². The highest BCUT2D eigenvalue weighted by molar-refractivity contribution is 6.30. The summed E-state index contributed by atoms with van der Waals surface area (Å²) >= 11 is 5.88. The van der Waals surface area contributed by atoms with E-state index in [1.807, 2.05) is 13.0 Å². The van der Waals surface area contributed by atoms with Gasteiger partial charge >= 0.3 is 0 Å². The van der Waals surface area contributed by atoms with Gasteiger partial charge in [0.2, 0.25) is 0 Å². The molecule has 1 aromatic carbocycles. The van der Waals surface area contributed by atoms with E-state index in [0.717, 1.165) is 25.1 Å². The highest BCUT2D eigenvalue weighted by Gasteiger charge is 2.22. The first-order chi connectivity index (χ1) is 9.56. The van der Waals surface area contributed by atoms with Crippen LogP contribution in [0.15, 0.2) is 18.2 Å². The molecule has 1 heterocycles. The highest BCUT2D eigenvalue weighted by Crippen LogP contribution is 2.21. The van der Waals surface area contributed by atoms with Gasteiger partial charge in [-0.2, -0.15) is 0 Å². The highest BCUT2D eigenvalue weighted by atomic mass is 35.5. The molecule has 6 heteroatoms. The quantitative estimate of drug-likeness (QED) is 0.890. The van der Waals surface area contributed by atoms with Crippen molar-refractivity contribution >= 4 is 29.9 Å². The zero-order chi connectivity index (χ0) is 14.5. The molecule has 0 bridgehead atoms. The molecule has 2 rings (SSSR count). The van der Waals surface area contributed by atoms with Gasteiger partial charge in [-0.15, -0.1) is 12.4 Å². The first-order valence-electron chi connectivity index (χ1n) is 6.95. The first-order valence-corrected chi connectivity index (χ1v) is 7.33. The van der Waals surface area contributed by atoms with Crippen LogP contribution in [0.3, 0.4) is 0 Å². The number of rotatable bonds is 4. The zero-order valence-corrected chi connectivity index (χ0v) is 13.9. The zero-order valence-electron chi connectivity index (χ0n) is 12.3. The van der Waals surface area contributed by atoms with Gasteiger partial charge in [-0.1, -0.05) is 18.5 Å². The van der Waals surface area contributed by atoms with E-state index in [2.05, 4.69) is 17.6 Å². The van der Waals surface area contributed by atoms with E-state index >= 15 is 0 Å². The van der Waals surface area contributed by atoms with E-state index in [4.69, 9.17) is 16.3 Å². The number of hydrogen-bond acceptors (Lipinski definition) is 3. The minimum absolute atomic E-state index is 0. The lowest BCUT2D eigenvalue weighted by atomic mass is 9.95. The van der Waals surface area contributed by atoms with Crippen LogP contribution in [0, 0.1) is 12.8 Å². The second kappa shape index (κ2) is 8.47. The van der Waals surface area contributed by atoms with E-state index in [1.54, 1.807) is 12.1 Å². The number of halogens is 2. The predicted octanol–water partition coefficient (Wildman–Crippen LogP) is 2.56. The Kier molecular flexibility index (Phi) is 7.29. The molecular weight excluding hydrogens is 311 g/mol. The Morgan fingerprint density at radius 3 is 2.95 bits per heavy atom. The predicted molar refractivity (Wildman–Crippen MR) is 87.5 cm³/mol. The Morgan fingerprint density at radius 1 is 1.52 bits per heavy atom. The summed E-state index contributed by atoms with van der Waals surface area (Å²) in [4.78, 5) is 11.9. The van der Waals surface area contributed by atoms with Crippen molar-refractivity contribution in [3.05, 3.63) is 28.8 Å². The molecule has 0 aliphatic carbocycles. The summed E-state index contributed by atoms with van der Waals surface area (Å²) in [6, 6.07) is 5.61. The van der Waals surface area contributed by atoms with Gasteiger partial charge in [0.15, 0.2) is 6.61 Å². The molecule has 21 heavy (non-hydrogen) atoms. The van der Waals surface area contributed by atoms with Gasteiger partial charge < -0.3 is 15.4 Å². The van der Waals surface area contributed by atoms with Gasteiger partial charge in [-0.05, 0) is 56.1 Å². The molecular formula is C15H22Cl2N2O2. The summed E-state index contributed by atoms with van der Waals surface area (Å²) in [7, 11) is 0. The number of piperidine rings is 1. The lowest BCUT2D eigenvalue weighted by Crippen LogP contribution is -2.49. The fourth-order valence-electron chi connectivity index (χ4n) is 2.40. The molecule has 1 amide bonds. The van der Waals surface area contributed by atoms with Gasteiger partial charge in [0.05, 0.1) is 0 Å². The Balaban J connectivity index is 0.00000220. The number of benzene rings is 1. The number of carbonyl (C=O) groups is 1. The fraction of sp³-hybridized carbons (Fsp3) is 0.533. The maximum Gasteiger partial charge on any atom is 0.258 e. The lowest BCUT2D eigenvalue weighted by Gasteiger charge is -2.30. The van der Waals surface area contributed by atoms with Gasteiger partial charge in [0.1, 0.15) is 5.75 Å². The van der Waals surface area contributed by atoms with Crippen molar-refractivity contribution in [2.24, 2.45) is 5.92 Å². The molecule has 0 radical (unpaired) electrons. The molecule has 1 aliphatic heterocycles. The molecule has 118 valence electrons. The van der Waals surface area contributed by atoms with E-state index in [0.29, 0.717) is 16.7 Å². The van der Waals surface area contributed by atoms with Crippen molar-refractivity contribution in [1.29, 1.82) is 0 Å². The smallest absolute Gasteiger partial charge is 0.258 e. The molecule has 0 saturated carbocycles. The average Bonchev–Trinajstić information content (AvgIpc) is 2.40. The van der Waals surface area contributed by atoms with Crippen LogP contribution in [0.2, 0.25) is 5.02 Å². The molecule has 1 aromatic rings. The molecule has 2 atom stereocenters. The topological polar surface area (TPSA) is 50.4 Å². The Labute approximate surface area is 137 Å². The third-order valence-electron chi connectivity index (χ3n) is 3.63. The molecule has 0 spiro atoms. The summed E-state index contributed by atoms with van der Waals surface area (Å²) in [6.07, 6.45) is 0.965. The third kappa shape index (κ3) is 5.38. The largest absolute Gasteiger partial charge is 0.484 e. The van der Waals surface area contributed by atoms with Crippen molar-refractivity contribution in [3.8, 4) is 5.75 Å². The van der Waals surface area contributed by atoms with Crippen LogP contribution in [0.4, 0.5) is 0 Å². The normalized spacial score (nSPS) is 21.3. The van der Waals surface area contributed by atoms with Gasteiger partial charge in [0, 0.05) is 11.1 Å². The van der Waals surface area contributed by atoms with E-state index in [1.165, 1.54) is 0 Å². The van der Waals surface area contributed by atoms with Crippen molar-refractivity contribution in [2.45, 2.75) is 26.3 Å². The fourth-order valence-corrected chi connectivity index (χ4v) is 2.62. The third-order valence-corrected chi connectivity index (χ3v) is 3.86. The number of aryl methyl sites for hydroxylation is 1. The molecule has 2 unspecified atom stereocenters. The maximum absolute atomic E-state index is 11.9. The number of carbonyl (C=O) groups excluding carboxylic acids is 1. The van der Waals surface area contributed by atoms with Crippen LogP contribution >= 0.6 is 24.0 Å². The maximum atomic E-state index is 11.9. The monoisotopic (exact) mass is 332 g/mol. The van der Waals surface area contributed by atoms with Crippen LogP contribution in [-0.2, 0) is 4.79 Å². The molecule has 2 N–H and O–H groups in total. The van der Waals surface area contributed by atoms with Crippen LogP contribution in [0.25, 0.3) is 0 Å². The van der Waals surface area contributed by atoms with Crippen LogP contribution in [-0.4, -0.2) is 31.6 Å². The van der Waals surface area contributed by atoms with E-state index < -0.39 is 0 Å². The van der Waals surface area contributed by atoms with E-state index in [-0.39, 0.29) is 31.0 Å². The van der Waals surface area contributed by atoms with Gasteiger partial charge in [-0.25, -0.2) is 0 Å². The molecule has 0 aromatic heterocycles. The van der Waals surface area contributed by atoms with Crippen molar-refractivity contribution in [1.82, 2.24) is 10.6 Å². The minimum Gasteiger partial charge on any atom is -0.484 e. The molecule has 1 saturated heterocycles. The second-order valence-corrected chi connectivity index (χ2v) is 5.78. The Morgan fingerprint density at radius 2 is 2.29 bits per heavy atom. The van der Waals surface area contributed by atoms with E-state index in [9.17, 15) is 4.79 Å². The van der Waals surface area contributed by atoms with Gasteiger partial charge in [-0.3, -0.25) is 4.79 Å². The van der Waals surface area contributed by atoms with Crippen molar-refractivity contribution < 1.29 is 9.53 Å². The molecule has 4 nitrogen and oxygen atoms in total. The Bertz CT molecular complexity index is 483. The summed E-state index contributed by atoms with van der Waals surface area (Å²) in [5.74, 6) is 1.07. The SMILES string of the molecule is Cc1cc(Cl)ccc1OCC(=O)NC1CCNCC1C.Cl. The molecule has 1 fully saturated rings. The summed E-state index contributed by atoms with van der Waals surface area (Å²) < 4.78 is 5.54. The van der Waals surface area contributed by atoms with Crippen LogP contribution in [0.5, 0.6) is 5.75 Å². The number of amides is 1. The number of nitrogens with one attached hydrogen (secondary N) is 2. The summed E-state index contributed by atoms with van der Waals surface area (Å²) in [5, 5.41) is 7.02. The van der Waals surface area contributed by atoms with Crippen molar-refractivity contribution in [2.75, 3.05) is 19.7 Å². The summed E-state index contributed by atoms with van der Waals surface area (Å²) in [5.41, 5.74) is 0.931. The number of hydrogen-bond donors (Lipinski definition) is 2. The Hall–Kier alpha value is -0.970. The summed E-state index contributed by atoms with van der Waals surface area (Å²) in [6.45, 7) is 5.99. The first kappa shape index (κ1) is 18.1. The number of ether oxygens (including phenoxy) is 1. The second-order valence-electron chi connectivity index (χ2n) is 5.34. The van der Waals surface area contributed by atoms with Crippen LogP contribution in [0.1, 0.15) is 18.9 Å². The minimum atomic E-state index is -0.0712.